The molecule has 11 heteroatoms. The van der Waals surface area contributed by atoms with Crippen LogP contribution in [0.4, 0.5) is 21.7 Å². The molecule has 5 aliphatic heterocycles. The zero-order valence-electron chi connectivity index (χ0n) is 27.2. The number of aromatic nitrogens is 3. The fourth-order valence-corrected chi connectivity index (χ4v) is 9.15. The van der Waals surface area contributed by atoms with Crippen molar-refractivity contribution in [2.45, 2.75) is 114 Å². The number of nitrogens with zero attached hydrogens (tertiary/aromatic N) is 5. The quantitative estimate of drug-likeness (QED) is 0.396. The van der Waals surface area contributed by atoms with E-state index in [-0.39, 0.29) is 35.2 Å². The maximum absolute atomic E-state index is 15.9. The van der Waals surface area contributed by atoms with Gasteiger partial charge in [-0.15, -0.1) is 0 Å². The Bertz CT molecular complexity index is 1390. The van der Waals surface area contributed by atoms with Gasteiger partial charge < -0.3 is 26.2 Å². The SMILES string of the molecule is Nc1nn2c(c1C(=O)Nc1cnccc1C1CCN(C(=O)C34CCN(CC3)CC4)CC1)NCC(F)C21CCCCCCCCCC1. The van der Waals surface area contributed by atoms with Gasteiger partial charge in [0.15, 0.2) is 5.82 Å². The van der Waals surface area contributed by atoms with Crippen LogP contribution in [-0.2, 0) is 10.3 Å². The average Bonchev–Trinajstić information content (AvgIpc) is 3.41. The van der Waals surface area contributed by atoms with Crippen LogP contribution in [0.15, 0.2) is 18.5 Å². The van der Waals surface area contributed by atoms with Gasteiger partial charge in [-0.2, -0.15) is 5.10 Å². The molecule has 46 heavy (non-hydrogen) atoms. The van der Waals surface area contributed by atoms with Gasteiger partial charge in [-0.3, -0.25) is 14.6 Å². The van der Waals surface area contributed by atoms with Crippen LogP contribution in [0.25, 0.3) is 0 Å². The van der Waals surface area contributed by atoms with Crippen molar-refractivity contribution < 1.29 is 14.0 Å². The van der Waals surface area contributed by atoms with Gasteiger partial charge in [0.2, 0.25) is 5.91 Å². The molecule has 1 aliphatic carbocycles. The number of amides is 2. The molecule has 0 radical (unpaired) electrons. The zero-order valence-corrected chi connectivity index (χ0v) is 27.2. The number of pyridine rings is 1. The molecule has 250 valence electrons. The zero-order chi connectivity index (χ0) is 31.7. The van der Waals surface area contributed by atoms with E-state index in [2.05, 4.69) is 30.5 Å². The first-order valence-electron chi connectivity index (χ1n) is 17.9. The number of nitrogens with one attached hydrogen (secondary N) is 2. The molecule has 10 nitrogen and oxygen atoms in total. The summed E-state index contributed by atoms with van der Waals surface area (Å²) in [6, 6.07) is 1.98. The van der Waals surface area contributed by atoms with Crippen LogP contribution in [0, 0.1) is 5.41 Å². The molecule has 8 rings (SSSR count). The Morgan fingerprint density at radius 1 is 0.913 bits per heavy atom. The predicted octanol–water partition coefficient (Wildman–Crippen LogP) is 5.68. The second-order valence-electron chi connectivity index (χ2n) is 14.7. The van der Waals surface area contributed by atoms with Gasteiger partial charge in [0.05, 0.1) is 22.8 Å². The van der Waals surface area contributed by atoms with Gasteiger partial charge in [-0.1, -0.05) is 51.4 Å². The standard InChI is InChI=1S/C35H51FN8O2/c36-28-24-39-31-29(30(37)41-44(31)35(28)12-7-5-3-1-2-4-6-8-13-35)32(45)40-27-23-38-17-9-26(27)25-10-18-43(19-11-25)33(46)34-14-20-42(21-15-34)22-16-34/h9,17,23,25,28,39H,1-8,10-16,18-22,24H2,(H2,37,41)(H,40,45). The summed E-state index contributed by atoms with van der Waals surface area (Å²) in [5, 5.41) is 10.9. The summed E-state index contributed by atoms with van der Waals surface area (Å²) in [7, 11) is 0. The number of carbonyl (C=O) groups is 2. The second-order valence-corrected chi connectivity index (χ2v) is 14.7. The molecule has 2 bridgehead atoms. The molecule has 1 spiro atoms. The minimum absolute atomic E-state index is 0.118. The number of hydrogen-bond donors (Lipinski definition) is 3. The van der Waals surface area contributed by atoms with Crippen LogP contribution in [0.1, 0.15) is 118 Å². The van der Waals surface area contributed by atoms with Crippen LogP contribution >= 0.6 is 0 Å². The van der Waals surface area contributed by atoms with E-state index in [4.69, 9.17) is 5.73 Å². The number of rotatable bonds is 4. The first-order chi connectivity index (χ1) is 22.4. The van der Waals surface area contributed by atoms with Gasteiger partial charge in [0.25, 0.3) is 5.91 Å². The number of nitrogen functional groups attached to an aromatic ring is 1. The largest absolute Gasteiger partial charge is 0.381 e. The van der Waals surface area contributed by atoms with Gasteiger partial charge in [0.1, 0.15) is 17.6 Å². The molecule has 2 amide bonds. The van der Waals surface area contributed by atoms with Crippen molar-refractivity contribution in [2.24, 2.45) is 5.41 Å². The minimum atomic E-state index is -1.11. The summed E-state index contributed by atoms with van der Waals surface area (Å²) < 4.78 is 17.7. The maximum Gasteiger partial charge on any atom is 0.263 e. The number of fused-ring (bicyclic) bond motifs is 5. The Kier molecular flexibility index (Phi) is 8.96. The minimum Gasteiger partial charge on any atom is -0.381 e. The van der Waals surface area contributed by atoms with Crippen molar-refractivity contribution >= 4 is 29.1 Å². The highest BCUT2D eigenvalue weighted by Crippen LogP contribution is 2.45. The van der Waals surface area contributed by atoms with Crippen LogP contribution in [0.5, 0.6) is 0 Å². The number of alkyl halides is 1. The molecule has 1 atom stereocenters. The van der Waals surface area contributed by atoms with E-state index < -0.39 is 11.7 Å². The second kappa shape index (κ2) is 13.1. The van der Waals surface area contributed by atoms with Crippen molar-refractivity contribution in [3.63, 3.8) is 0 Å². The number of halogens is 1. The number of nitrogens with two attached hydrogens (primary N) is 1. The molecule has 2 aromatic heterocycles. The van der Waals surface area contributed by atoms with Gasteiger partial charge in [-0.25, -0.2) is 9.07 Å². The molecule has 4 saturated heterocycles. The molecule has 7 heterocycles. The lowest BCUT2D eigenvalue weighted by atomic mass is 9.70. The van der Waals surface area contributed by atoms with Crippen LogP contribution in [-0.4, -0.2) is 81.8 Å². The van der Waals surface area contributed by atoms with Crippen LogP contribution in [0.2, 0.25) is 0 Å². The molecule has 1 unspecified atom stereocenters. The van der Waals surface area contributed by atoms with E-state index in [1.807, 2.05) is 6.07 Å². The fraction of sp³-hybridized carbons (Fsp3) is 0.714. The predicted molar refractivity (Wildman–Crippen MR) is 178 cm³/mol. The summed E-state index contributed by atoms with van der Waals surface area (Å²) in [5.74, 6) is 0.825. The van der Waals surface area contributed by atoms with E-state index in [0.29, 0.717) is 30.3 Å². The summed E-state index contributed by atoms with van der Waals surface area (Å²) in [4.78, 5) is 36.5. The third-order valence-electron chi connectivity index (χ3n) is 12.1. The van der Waals surface area contributed by atoms with Crippen molar-refractivity contribution in [1.82, 2.24) is 24.6 Å². The number of hydrogen-bond acceptors (Lipinski definition) is 7. The summed E-state index contributed by atoms with van der Waals surface area (Å²) in [6.07, 6.45) is 17.2. The number of likely N-dealkylation sites (tertiary alicyclic amines) is 1. The average molecular weight is 635 g/mol. The lowest BCUT2D eigenvalue weighted by Crippen LogP contribution is -2.56. The Labute approximate surface area is 272 Å². The van der Waals surface area contributed by atoms with E-state index in [1.165, 1.54) is 25.7 Å². The van der Waals surface area contributed by atoms with Crippen LogP contribution < -0.4 is 16.4 Å². The van der Waals surface area contributed by atoms with Crippen LogP contribution in [0.3, 0.4) is 0 Å². The first-order valence-corrected chi connectivity index (χ1v) is 17.9. The van der Waals surface area contributed by atoms with E-state index in [0.717, 1.165) is 96.1 Å². The fourth-order valence-electron chi connectivity index (χ4n) is 9.15. The maximum atomic E-state index is 15.9. The smallest absolute Gasteiger partial charge is 0.263 e. The first kappa shape index (κ1) is 31.4. The van der Waals surface area contributed by atoms with E-state index in [1.54, 1.807) is 17.1 Å². The molecule has 6 aliphatic rings. The Morgan fingerprint density at radius 3 is 2.20 bits per heavy atom. The molecule has 0 aromatic carbocycles. The highest BCUT2D eigenvalue weighted by Gasteiger charge is 2.48. The number of piperidine rings is 4. The number of carbonyl (C=O) groups excluding carboxylic acids is 2. The van der Waals surface area contributed by atoms with Gasteiger partial charge in [0, 0.05) is 25.8 Å². The topological polar surface area (TPSA) is 121 Å². The summed E-state index contributed by atoms with van der Waals surface area (Å²) in [5.41, 5.74) is 7.45. The third kappa shape index (κ3) is 5.77. The van der Waals surface area contributed by atoms with E-state index in [9.17, 15) is 9.59 Å². The highest BCUT2D eigenvalue weighted by atomic mass is 19.1. The highest BCUT2D eigenvalue weighted by molar-refractivity contribution is 6.11. The van der Waals surface area contributed by atoms with Crippen molar-refractivity contribution in [3.05, 3.63) is 29.6 Å². The van der Waals surface area contributed by atoms with E-state index >= 15 is 4.39 Å². The Hall–Kier alpha value is -3.21. The number of anilines is 3. The monoisotopic (exact) mass is 634 g/mol. The Morgan fingerprint density at radius 2 is 1.54 bits per heavy atom. The van der Waals surface area contributed by atoms with Gasteiger partial charge in [-0.05, 0) is 82.1 Å². The summed E-state index contributed by atoms with van der Waals surface area (Å²) in [6.45, 7) is 4.71. The molecule has 5 fully saturated rings. The molecular weight excluding hydrogens is 583 g/mol. The lowest BCUT2D eigenvalue weighted by Gasteiger charge is -2.49. The lowest BCUT2D eigenvalue weighted by molar-refractivity contribution is -0.150. The van der Waals surface area contributed by atoms with Crippen molar-refractivity contribution in [3.8, 4) is 0 Å². The molecule has 1 saturated carbocycles. The molecule has 4 N–H and O–H groups in total. The summed E-state index contributed by atoms with van der Waals surface area (Å²) >= 11 is 0. The van der Waals surface area contributed by atoms with Crippen molar-refractivity contribution in [2.75, 3.05) is 55.6 Å². The molecular formula is C35H51FN8O2. The normalized spacial score (nSPS) is 28.6. The molecule has 2 aromatic rings. The Balaban J connectivity index is 1.07. The van der Waals surface area contributed by atoms with Crippen molar-refractivity contribution in [1.29, 1.82) is 0 Å². The van der Waals surface area contributed by atoms with Gasteiger partial charge >= 0.3 is 0 Å². The third-order valence-corrected chi connectivity index (χ3v) is 12.1.